The summed E-state index contributed by atoms with van der Waals surface area (Å²) < 4.78 is 6.03. The maximum atomic E-state index is 13.5. The highest BCUT2D eigenvalue weighted by Crippen LogP contribution is 2.42. The standard InChI is InChI=1S/C23H27N5O3/c1-27-19(29)14-31-18-13-28(12-11-23(18,27)15-7-3-2-4-8-15)21(30)20-16-9-5-6-10-17(16)25-22(24)26-20/h2-4,7-8,18H,5-6,9-14H2,1H3,(H2,24,25,26)/t18-,23+/m1/s1. The van der Waals surface area contributed by atoms with E-state index in [0.29, 0.717) is 25.2 Å². The Morgan fingerprint density at radius 2 is 1.97 bits per heavy atom. The minimum atomic E-state index is -0.586. The van der Waals surface area contributed by atoms with E-state index < -0.39 is 5.54 Å². The number of hydrogen-bond donors (Lipinski definition) is 1. The number of amides is 2. The van der Waals surface area contributed by atoms with Crippen LogP contribution < -0.4 is 5.73 Å². The monoisotopic (exact) mass is 421 g/mol. The number of rotatable bonds is 2. The van der Waals surface area contributed by atoms with Crippen LogP contribution in [-0.4, -0.2) is 64.4 Å². The molecule has 2 fully saturated rings. The number of morpholine rings is 1. The number of carbonyl (C=O) groups is 2. The lowest BCUT2D eigenvalue weighted by molar-refractivity contribution is -0.180. The summed E-state index contributed by atoms with van der Waals surface area (Å²) in [5.41, 5.74) is 8.63. The number of carbonyl (C=O) groups excluding carboxylic acids is 2. The number of nitrogens with zero attached hydrogens (tertiary/aromatic N) is 4. The van der Waals surface area contributed by atoms with Gasteiger partial charge in [-0.05, 0) is 37.7 Å². The van der Waals surface area contributed by atoms with Gasteiger partial charge in [-0.2, -0.15) is 0 Å². The number of ether oxygens (including phenoxy) is 1. The Morgan fingerprint density at radius 3 is 2.77 bits per heavy atom. The largest absolute Gasteiger partial charge is 0.368 e. The van der Waals surface area contributed by atoms with Crippen molar-refractivity contribution in [1.29, 1.82) is 0 Å². The van der Waals surface area contributed by atoms with Crippen LogP contribution in [-0.2, 0) is 27.9 Å². The Morgan fingerprint density at radius 1 is 1.19 bits per heavy atom. The van der Waals surface area contributed by atoms with Crippen molar-refractivity contribution in [3.63, 3.8) is 0 Å². The lowest BCUT2D eigenvalue weighted by Gasteiger charge is -2.54. The number of anilines is 1. The van der Waals surface area contributed by atoms with E-state index in [-0.39, 0.29) is 30.5 Å². The van der Waals surface area contributed by atoms with E-state index in [1.807, 2.05) is 42.3 Å². The van der Waals surface area contributed by atoms with Gasteiger partial charge in [-0.3, -0.25) is 9.59 Å². The highest BCUT2D eigenvalue weighted by Gasteiger charge is 2.53. The van der Waals surface area contributed by atoms with Crippen LogP contribution in [0.1, 0.15) is 46.6 Å². The second-order valence-electron chi connectivity index (χ2n) is 8.61. The van der Waals surface area contributed by atoms with Crippen molar-refractivity contribution < 1.29 is 14.3 Å². The second-order valence-corrected chi connectivity index (χ2v) is 8.61. The van der Waals surface area contributed by atoms with Gasteiger partial charge in [-0.15, -0.1) is 0 Å². The van der Waals surface area contributed by atoms with Gasteiger partial charge in [-0.1, -0.05) is 30.3 Å². The van der Waals surface area contributed by atoms with Gasteiger partial charge in [0.1, 0.15) is 18.4 Å². The number of aromatic nitrogens is 2. The second kappa shape index (κ2) is 7.60. The summed E-state index contributed by atoms with van der Waals surface area (Å²) in [6, 6.07) is 9.97. The third kappa shape index (κ3) is 3.17. The van der Waals surface area contributed by atoms with Crippen molar-refractivity contribution in [3.8, 4) is 0 Å². The van der Waals surface area contributed by atoms with Gasteiger partial charge < -0.3 is 20.3 Å². The van der Waals surface area contributed by atoms with E-state index in [0.717, 1.165) is 42.5 Å². The molecule has 2 atom stereocenters. The van der Waals surface area contributed by atoms with Crippen LogP contribution in [0.15, 0.2) is 30.3 Å². The first-order valence-electron chi connectivity index (χ1n) is 10.9. The smallest absolute Gasteiger partial charge is 0.273 e. The zero-order valence-electron chi connectivity index (χ0n) is 17.7. The third-order valence-electron chi connectivity index (χ3n) is 7.03. The predicted molar refractivity (Wildman–Crippen MR) is 114 cm³/mol. The summed E-state index contributed by atoms with van der Waals surface area (Å²) in [7, 11) is 1.84. The molecule has 0 bridgehead atoms. The minimum absolute atomic E-state index is 0.0215. The fourth-order valence-electron chi connectivity index (χ4n) is 5.35. The first-order chi connectivity index (χ1) is 15.0. The van der Waals surface area contributed by atoms with Gasteiger partial charge in [0.25, 0.3) is 5.91 Å². The number of likely N-dealkylation sites (tertiary alicyclic amines) is 1. The van der Waals surface area contributed by atoms with E-state index >= 15 is 0 Å². The molecule has 1 aliphatic carbocycles. The quantitative estimate of drug-likeness (QED) is 0.789. The highest BCUT2D eigenvalue weighted by molar-refractivity contribution is 5.94. The van der Waals surface area contributed by atoms with Crippen molar-refractivity contribution >= 4 is 17.8 Å². The lowest BCUT2D eigenvalue weighted by atomic mass is 9.76. The van der Waals surface area contributed by atoms with Crippen LogP contribution in [0.5, 0.6) is 0 Å². The molecule has 2 aliphatic heterocycles. The molecule has 3 heterocycles. The van der Waals surface area contributed by atoms with Gasteiger partial charge >= 0.3 is 0 Å². The predicted octanol–water partition coefficient (Wildman–Crippen LogP) is 1.54. The van der Waals surface area contributed by atoms with E-state index in [9.17, 15) is 9.59 Å². The summed E-state index contributed by atoms with van der Waals surface area (Å²) in [5, 5.41) is 0. The molecule has 0 saturated carbocycles. The Kier molecular flexibility index (Phi) is 4.89. The Labute approximate surface area is 181 Å². The van der Waals surface area contributed by atoms with Gasteiger partial charge in [0.2, 0.25) is 11.9 Å². The van der Waals surface area contributed by atoms with E-state index in [2.05, 4.69) is 9.97 Å². The van der Waals surface area contributed by atoms with Crippen LogP contribution >= 0.6 is 0 Å². The lowest BCUT2D eigenvalue weighted by Crippen LogP contribution is -2.67. The van der Waals surface area contributed by atoms with Crippen LogP contribution in [0.4, 0.5) is 5.95 Å². The fraction of sp³-hybridized carbons (Fsp3) is 0.478. The van der Waals surface area contributed by atoms with Crippen LogP contribution in [0.2, 0.25) is 0 Å². The first kappa shape index (κ1) is 19.9. The van der Waals surface area contributed by atoms with Crippen LogP contribution in [0.25, 0.3) is 0 Å². The summed E-state index contributed by atoms with van der Waals surface area (Å²) in [4.78, 5) is 38.4. The molecule has 8 heteroatoms. The highest BCUT2D eigenvalue weighted by atomic mass is 16.5. The molecule has 2 aromatic rings. The van der Waals surface area contributed by atoms with E-state index in [4.69, 9.17) is 10.5 Å². The Balaban J connectivity index is 1.48. The molecule has 1 aromatic heterocycles. The summed E-state index contributed by atoms with van der Waals surface area (Å²) in [6.45, 7) is 0.918. The van der Waals surface area contributed by atoms with Crippen LogP contribution in [0.3, 0.4) is 0 Å². The number of fused-ring (bicyclic) bond motifs is 2. The number of nitrogen functional groups attached to an aromatic ring is 1. The van der Waals surface area contributed by atoms with E-state index in [1.54, 1.807) is 4.90 Å². The number of likely N-dealkylation sites (N-methyl/N-ethyl adjacent to an activating group) is 1. The molecule has 31 heavy (non-hydrogen) atoms. The molecule has 3 aliphatic rings. The van der Waals surface area contributed by atoms with Gasteiger partial charge in [0.05, 0.1) is 5.54 Å². The first-order valence-corrected chi connectivity index (χ1v) is 10.9. The zero-order valence-corrected chi connectivity index (χ0v) is 17.7. The minimum Gasteiger partial charge on any atom is -0.368 e. The molecule has 0 unspecified atom stereocenters. The summed E-state index contributed by atoms with van der Waals surface area (Å²) in [5.74, 6) is -0.0199. The number of nitrogens with two attached hydrogens (primary N) is 1. The Hall–Kier alpha value is -3.00. The maximum absolute atomic E-state index is 13.5. The van der Waals surface area contributed by atoms with Crippen molar-refractivity contribution in [2.75, 3.05) is 32.5 Å². The molecule has 162 valence electrons. The molecule has 5 rings (SSSR count). The summed E-state index contributed by atoms with van der Waals surface area (Å²) >= 11 is 0. The number of piperidine rings is 1. The fourth-order valence-corrected chi connectivity index (χ4v) is 5.35. The average molecular weight is 422 g/mol. The normalized spacial score (nSPS) is 25.7. The molecule has 8 nitrogen and oxygen atoms in total. The Bertz CT molecular complexity index is 1030. The third-order valence-corrected chi connectivity index (χ3v) is 7.03. The molecule has 1 aromatic carbocycles. The number of benzene rings is 1. The van der Waals surface area contributed by atoms with Crippen molar-refractivity contribution in [2.24, 2.45) is 0 Å². The molecule has 2 N–H and O–H groups in total. The SMILES string of the molecule is CN1C(=O)CO[C@@H]2CN(C(=O)c3nc(N)nc4c3CCCC4)CC[C@]21c1ccccc1. The zero-order chi connectivity index (χ0) is 21.6. The molecular weight excluding hydrogens is 394 g/mol. The molecule has 0 spiro atoms. The van der Waals surface area contributed by atoms with Gasteiger partial charge in [-0.25, -0.2) is 9.97 Å². The topological polar surface area (TPSA) is 102 Å². The van der Waals surface area contributed by atoms with Crippen molar-refractivity contribution in [2.45, 2.75) is 43.7 Å². The number of aryl methyl sites for hydroxylation is 1. The molecule has 0 radical (unpaired) electrons. The number of hydrogen-bond acceptors (Lipinski definition) is 6. The average Bonchev–Trinajstić information content (AvgIpc) is 2.81. The van der Waals surface area contributed by atoms with Crippen molar-refractivity contribution in [1.82, 2.24) is 19.8 Å². The van der Waals surface area contributed by atoms with Gasteiger partial charge in [0.15, 0.2) is 0 Å². The van der Waals surface area contributed by atoms with Crippen molar-refractivity contribution in [3.05, 3.63) is 52.8 Å². The molecular formula is C23H27N5O3. The molecule has 2 saturated heterocycles. The van der Waals surface area contributed by atoms with Crippen LogP contribution in [0, 0.1) is 0 Å². The maximum Gasteiger partial charge on any atom is 0.273 e. The van der Waals surface area contributed by atoms with Gasteiger partial charge in [0, 0.05) is 31.4 Å². The molecule has 2 amide bonds. The summed E-state index contributed by atoms with van der Waals surface area (Å²) in [6.07, 6.45) is 3.99. The van der Waals surface area contributed by atoms with E-state index in [1.165, 1.54) is 0 Å².